The highest BCUT2D eigenvalue weighted by Crippen LogP contribution is 2.22. The maximum absolute atomic E-state index is 8.71. The van der Waals surface area contributed by atoms with Crippen LogP contribution in [0.1, 0.15) is 5.56 Å². The maximum atomic E-state index is 8.71. The predicted molar refractivity (Wildman–Crippen MR) is 59.4 cm³/mol. The van der Waals surface area contributed by atoms with E-state index in [9.17, 15) is 0 Å². The lowest BCUT2D eigenvalue weighted by Gasteiger charge is -2.01. The van der Waals surface area contributed by atoms with E-state index in [1.54, 1.807) is 6.07 Å². The van der Waals surface area contributed by atoms with Gasteiger partial charge in [-0.2, -0.15) is 5.26 Å². The molecule has 1 heterocycles. The molecule has 0 atom stereocenters. The normalized spacial score (nSPS) is 9.60. The van der Waals surface area contributed by atoms with Crippen LogP contribution in [-0.4, -0.2) is 4.98 Å². The summed E-state index contributed by atoms with van der Waals surface area (Å²) in [6, 6.07) is 13.4. The first kappa shape index (κ1) is 9.70. The summed E-state index contributed by atoms with van der Waals surface area (Å²) in [5, 5.41) is 9.14. The molecule has 1 aromatic heterocycles. The van der Waals surface area contributed by atoms with Gasteiger partial charge in [0, 0.05) is 11.8 Å². The van der Waals surface area contributed by atoms with Crippen molar-refractivity contribution in [2.75, 3.05) is 0 Å². The second-order valence-corrected chi connectivity index (χ2v) is 3.43. The summed E-state index contributed by atoms with van der Waals surface area (Å²) < 4.78 is 0. The number of rotatable bonds is 1. The van der Waals surface area contributed by atoms with Gasteiger partial charge < -0.3 is 0 Å². The number of pyridine rings is 1. The Balaban J connectivity index is 2.49. The van der Waals surface area contributed by atoms with Gasteiger partial charge in [0.15, 0.2) is 0 Å². The molecule has 0 N–H and O–H groups in total. The van der Waals surface area contributed by atoms with Crippen molar-refractivity contribution in [3.8, 4) is 17.3 Å². The Kier molecular flexibility index (Phi) is 2.66. The fourth-order valence-electron chi connectivity index (χ4n) is 1.28. The zero-order valence-corrected chi connectivity index (χ0v) is 8.57. The van der Waals surface area contributed by atoms with Gasteiger partial charge in [-0.05, 0) is 6.07 Å². The van der Waals surface area contributed by atoms with Crippen LogP contribution in [0.5, 0.6) is 0 Å². The van der Waals surface area contributed by atoms with Crippen LogP contribution >= 0.6 is 11.6 Å². The molecule has 0 amide bonds. The molecule has 0 aliphatic heterocycles. The lowest BCUT2D eigenvalue weighted by atomic mass is 10.1. The monoisotopic (exact) mass is 214 g/mol. The number of halogens is 1. The van der Waals surface area contributed by atoms with Crippen molar-refractivity contribution in [3.05, 3.63) is 53.2 Å². The van der Waals surface area contributed by atoms with Gasteiger partial charge in [0.05, 0.1) is 16.3 Å². The summed E-state index contributed by atoms with van der Waals surface area (Å²) in [6.07, 6.45) is 1.49. The Morgan fingerprint density at radius 3 is 2.53 bits per heavy atom. The van der Waals surface area contributed by atoms with Crippen molar-refractivity contribution in [1.82, 2.24) is 4.98 Å². The molecule has 0 unspecified atom stereocenters. The van der Waals surface area contributed by atoms with E-state index >= 15 is 0 Å². The van der Waals surface area contributed by atoms with E-state index in [0.29, 0.717) is 10.6 Å². The quantitative estimate of drug-likeness (QED) is 0.731. The molecule has 3 heteroatoms. The Morgan fingerprint density at radius 2 is 1.93 bits per heavy atom. The van der Waals surface area contributed by atoms with E-state index in [-0.39, 0.29) is 0 Å². The summed E-state index contributed by atoms with van der Waals surface area (Å²) in [4.78, 5) is 4.17. The zero-order valence-electron chi connectivity index (χ0n) is 7.81. The third-order valence-corrected chi connectivity index (χ3v) is 2.36. The summed E-state index contributed by atoms with van der Waals surface area (Å²) in [6.45, 7) is 0. The fraction of sp³-hybridized carbons (Fsp3) is 0. The van der Waals surface area contributed by atoms with Crippen molar-refractivity contribution >= 4 is 11.6 Å². The lowest BCUT2D eigenvalue weighted by molar-refractivity contribution is 1.30. The zero-order chi connectivity index (χ0) is 10.7. The second kappa shape index (κ2) is 4.12. The molecule has 15 heavy (non-hydrogen) atoms. The average Bonchev–Trinajstić information content (AvgIpc) is 2.30. The van der Waals surface area contributed by atoms with Gasteiger partial charge in [0.1, 0.15) is 6.07 Å². The molecular weight excluding hydrogens is 208 g/mol. The number of benzene rings is 1. The Bertz CT molecular complexity index is 515. The molecule has 2 aromatic rings. The number of aromatic nitrogens is 1. The molecule has 0 aliphatic rings. The van der Waals surface area contributed by atoms with Crippen LogP contribution in [0.15, 0.2) is 42.6 Å². The van der Waals surface area contributed by atoms with Gasteiger partial charge in [-0.1, -0.05) is 41.9 Å². The minimum atomic E-state index is 0.399. The van der Waals surface area contributed by atoms with Crippen LogP contribution in [0.3, 0.4) is 0 Å². The number of nitriles is 1. The molecule has 0 saturated carbocycles. The van der Waals surface area contributed by atoms with Crippen LogP contribution in [0, 0.1) is 11.3 Å². The molecule has 1 aromatic carbocycles. The van der Waals surface area contributed by atoms with E-state index in [0.717, 1.165) is 11.3 Å². The number of hydrogen-bond donors (Lipinski definition) is 0. The smallest absolute Gasteiger partial charge is 0.102 e. The summed E-state index contributed by atoms with van der Waals surface area (Å²) in [7, 11) is 0. The predicted octanol–water partition coefficient (Wildman–Crippen LogP) is 3.27. The first-order chi connectivity index (χ1) is 7.31. The van der Waals surface area contributed by atoms with Crippen LogP contribution in [0.4, 0.5) is 0 Å². The molecule has 0 spiro atoms. The molecule has 2 rings (SSSR count). The standard InChI is InChI=1S/C12H7ClN2/c13-11-6-12(15-8-10(11)7-14)9-4-2-1-3-5-9/h1-6,8H. The molecule has 2 nitrogen and oxygen atoms in total. The van der Waals surface area contributed by atoms with E-state index in [4.69, 9.17) is 16.9 Å². The molecule has 0 aliphatic carbocycles. The van der Waals surface area contributed by atoms with E-state index in [2.05, 4.69) is 4.98 Å². The molecule has 0 saturated heterocycles. The van der Waals surface area contributed by atoms with E-state index in [1.165, 1.54) is 6.20 Å². The minimum Gasteiger partial charge on any atom is -0.255 e. The number of hydrogen-bond acceptors (Lipinski definition) is 2. The summed E-state index contributed by atoms with van der Waals surface area (Å²) >= 11 is 5.92. The first-order valence-electron chi connectivity index (χ1n) is 4.42. The third-order valence-electron chi connectivity index (χ3n) is 2.04. The second-order valence-electron chi connectivity index (χ2n) is 3.03. The van der Waals surface area contributed by atoms with Crippen LogP contribution < -0.4 is 0 Å². The Morgan fingerprint density at radius 1 is 1.20 bits per heavy atom. The van der Waals surface area contributed by atoms with Crippen LogP contribution in [0.25, 0.3) is 11.3 Å². The average molecular weight is 215 g/mol. The van der Waals surface area contributed by atoms with E-state index in [1.807, 2.05) is 36.4 Å². The minimum absolute atomic E-state index is 0.399. The molecule has 0 radical (unpaired) electrons. The van der Waals surface area contributed by atoms with Gasteiger partial charge in [-0.15, -0.1) is 0 Å². The Labute approximate surface area is 92.8 Å². The van der Waals surface area contributed by atoms with Gasteiger partial charge in [0.25, 0.3) is 0 Å². The molecular formula is C12H7ClN2. The summed E-state index contributed by atoms with van der Waals surface area (Å²) in [5.74, 6) is 0. The van der Waals surface area contributed by atoms with Gasteiger partial charge >= 0.3 is 0 Å². The third kappa shape index (κ3) is 1.98. The van der Waals surface area contributed by atoms with Crippen molar-refractivity contribution in [3.63, 3.8) is 0 Å². The highest BCUT2D eigenvalue weighted by atomic mass is 35.5. The largest absolute Gasteiger partial charge is 0.255 e. The highest BCUT2D eigenvalue weighted by molar-refractivity contribution is 6.31. The lowest BCUT2D eigenvalue weighted by Crippen LogP contribution is -1.85. The molecule has 72 valence electrons. The van der Waals surface area contributed by atoms with Crippen molar-refractivity contribution in [2.45, 2.75) is 0 Å². The number of nitrogens with zero attached hydrogens (tertiary/aromatic N) is 2. The van der Waals surface area contributed by atoms with Gasteiger partial charge in [0.2, 0.25) is 0 Å². The van der Waals surface area contributed by atoms with Gasteiger partial charge in [-0.3, -0.25) is 4.98 Å². The van der Waals surface area contributed by atoms with Gasteiger partial charge in [-0.25, -0.2) is 0 Å². The van der Waals surface area contributed by atoms with Crippen molar-refractivity contribution in [1.29, 1.82) is 5.26 Å². The van der Waals surface area contributed by atoms with Crippen LogP contribution in [0.2, 0.25) is 5.02 Å². The highest BCUT2D eigenvalue weighted by Gasteiger charge is 2.03. The topological polar surface area (TPSA) is 36.7 Å². The summed E-state index contributed by atoms with van der Waals surface area (Å²) in [5.41, 5.74) is 2.17. The molecule has 0 fully saturated rings. The van der Waals surface area contributed by atoms with Crippen LogP contribution in [-0.2, 0) is 0 Å². The first-order valence-corrected chi connectivity index (χ1v) is 4.80. The SMILES string of the molecule is N#Cc1cnc(-c2ccccc2)cc1Cl. The maximum Gasteiger partial charge on any atom is 0.102 e. The van der Waals surface area contributed by atoms with Crippen molar-refractivity contribution in [2.24, 2.45) is 0 Å². The van der Waals surface area contributed by atoms with E-state index < -0.39 is 0 Å². The van der Waals surface area contributed by atoms with Crippen molar-refractivity contribution < 1.29 is 0 Å². The Hall–Kier alpha value is -1.85. The molecule has 0 bridgehead atoms. The fourth-order valence-corrected chi connectivity index (χ4v) is 1.47.